The maximum Gasteiger partial charge on any atom is 0.326 e. The first-order chi connectivity index (χ1) is 19.2. The van der Waals surface area contributed by atoms with Gasteiger partial charge in [-0.1, -0.05) is 19.1 Å². The molecule has 0 spiro atoms. The van der Waals surface area contributed by atoms with Crippen molar-refractivity contribution in [2.24, 2.45) is 0 Å². The van der Waals surface area contributed by atoms with Gasteiger partial charge in [-0.25, -0.2) is 9.78 Å². The number of benzene rings is 2. The van der Waals surface area contributed by atoms with Crippen LogP contribution in [0, 0.1) is 0 Å². The number of rotatable bonds is 10. The van der Waals surface area contributed by atoms with Gasteiger partial charge in [0.05, 0.1) is 7.11 Å². The first-order valence-electron chi connectivity index (χ1n) is 13.6. The third-order valence-corrected chi connectivity index (χ3v) is 7.82. The first-order valence-corrected chi connectivity index (χ1v) is 13.6. The number of anilines is 4. The summed E-state index contributed by atoms with van der Waals surface area (Å²) < 4.78 is 5.37. The minimum Gasteiger partial charge on any atom is -0.497 e. The normalized spacial score (nSPS) is 17.8. The van der Waals surface area contributed by atoms with E-state index in [0.717, 1.165) is 58.5 Å². The lowest BCUT2D eigenvalue weighted by Gasteiger charge is -2.32. The average Bonchev–Trinajstić information content (AvgIpc) is 3.28. The van der Waals surface area contributed by atoms with Crippen LogP contribution in [0.5, 0.6) is 5.75 Å². The molecule has 0 aliphatic carbocycles. The summed E-state index contributed by atoms with van der Waals surface area (Å²) in [6, 6.07) is 14.5. The molecule has 9 heteroatoms. The van der Waals surface area contributed by atoms with Crippen LogP contribution in [0.1, 0.15) is 44.9 Å². The summed E-state index contributed by atoms with van der Waals surface area (Å²) in [5.74, 6) is 0.414. The zero-order valence-electron chi connectivity index (χ0n) is 23.2. The van der Waals surface area contributed by atoms with E-state index < -0.39 is 22.9 Å². The molecule has 9 nitrogen and oxygen atoms in total. The Morgan fingerprint density at radius 2 is 1.77 bits per heavy atom. The highest BCUT2D eigenvalue weighted by atomic mass is 16.5. The maximum absolute atomic E-state index is 12.4. The Morgan fingerprint density at radius 1 is 1.07 bits per heavy atom. The van der Waals surface area contributed by atoms with E-state index in [1.54, 1.807) is 7.11 Å². The van der Waals surface area contributed by atoms with Gasteiger partial charge in [0.25, 0.3) is 10.9 Å². The smallest absolute Gasteiger partial charge is 0.326 e. The van der Waals surface area contributed by atoms with Gasteiger partial charge in [0.2, 0.25) is 0 Å². The summed E-state index contributed by atoms with van der Waals surface area (Å²) in [7, 11) is 1.64. The van der Waals surface area contributed by atoms with Gasteiger partial charge in [0, 0.05) is 35.3 Å². The topological polar surface area (TPSA) is 121 Å². The quantitative estimate of drug-likeness (QED) is 0.246. The van der Waals surface area contributed by atoms with Crippen molar-refractivity contribution in [2.75, 3.05) is 22.6 Å². The Labute approximate surface area is 232 Å². The fraction of sp³-hybridized carbons (Fsp3) is 0.355. The molecule has 1 saturated heterocycles. The summed E-state index contributed by atoms with van der Waals surface area (Å²) >= 11 is 0. The predicted octanol–water partition coefficient (Wildman–Crippen LogP) is 4.63. The highest BCUT2D eigenvalue weighted by Crippen LogP contribution is 2.33. The van der Waals surface area contributed by atoms with Gasteiger partial charge in [0.15, 0.2) is 0 Å². The van der Waals surface area contributed by atoms with E-state index in [1.807, 2.05) is 61.2 Å². The molecule has 1 aromatic heterocycles. The lowest BCUT2D eigenvalue weighted by Crippen LogP contribution is -2.48. The van der Waals surface area contributed by atoms with Gasteiger partial charge in [-0.15, -0.1) is 0 Å². The summed E-state index contributed by atoms with van der Waals surface area (Å²) in [5, 5.41) is 18.2. The second-order valence-corrected chi connectivity index (χ2v) is 10.5. The number of methoxy groups -OCH3 is 1. The molecule has 2 heterocycles. The fourth-order valence-electron chi connectivity index (χ4n) is 5.56. The highest BCUT2D eigenvalue weighted by molar-refractivity contribution is 5.94. The lowest BCUT2D eigenvalue weighted by atomic mass is 10.0. The van der Waals surface area contributed by atoms with Crippen LogP contribution >= 0.6 is 0 Å². The zero-order valence-corrected chi connectivity index (χ0v) is 23.2. The molecule has 1 aliphatic heterocycles. The third kappa shape index (κ3) is 5.11. The van der Waals surface area contributed by atoms with E-state index in [2.05, 4.69) is 23.6 Å². The second-order valence-electron chi connectivity index (χ2n) is 10.5. The molecule has 0 saturated carbocycles. The van der Waals surface area contributed by atoms with Crippen molar-refractivity contribution in [3.8, 4) is 5.75 Å². The molecule has 0 radical (unpaired) electrons. The van der Waals surface area contributed by atoms with Crippen LogP contribution in [0.15, 0.2) is 58.1 Å². The molecule has 3 N–H and O–H groups in total. The SMILES string of the molecule is CCc1cc2cc(OC)ccc2c(Nc2ccc(C[C@H](Nc3c(N4C(C)CCC4C)c(=O)c3=O)C(=O)O)cc2)n1. The van der Waals surface area contributed by atoms with Crippen molar-refractivity contribution in [3.05, 3.63) is 80.2 Å². The average molecular weight is 543 g/mol. The summed E-state index contributed by atoms with van der Waals surface area (Å²) in [6.45, 7) is 6.09. The minimum atomic E-state index is -1.09. The van der Waals surface area contributed by atoms with E-state index in [9.17, 15) is 19.5 Å². The highest BCUT2D eigenvalue weighted by Gasteiger charge is 2.36. The number of carbonyl (C=O) groups is 1. The number of nitrogens with zero attached hydrogens (tertiary/aromatic N) is 2. The number of aromatic nitrogens is 1. The van der Waals surface area contributed by atoms with Crippen LogP contribution in [0.4, 0.5) is 22.9 Å². The van der Waals surface area contributed by atoms with Crippen molar-refractivity contribution in [1.82, 2.24) is 4.98 Å². The van der Waals surface area contributed by atoms with Gasteiger partial charge >= 0.3 is 5.97 Å². The molecule has 208 valence electrons. The Bertz CT molecular complexity index is 1610. The molecule has 1 fully saturated rings. The van der Waals surface area contributed by atoms with Crippen molar-refractivity contribution in [3.63, 3.8) is 0 Å². The van der Waals surface area contributed by atoms with Gasteiger partial charge < -0.3 is 25.4 Å². The number of carboxylic acids is 1. The molecule has 2 unspecified atom stereocenters. The Kier molecular flexibility index (Phi) is 7.47. The molecule has 0 amide bonds. The lowest BCUT2D eigenvalue weighted by molar-refractivity contribution is -0.137. The molecule has 5 rings (SSSR count). The number of hydrogen-bond donors (Lipinski definition) is 3. The molecular weight excluding hydrogens is 508 g/mol. The van der Waals surface area contributed by atoms with Crippen LogP contribution in [-0.4, -0.2) is 41.3 Å². The number of aliphatic carboxylic acids is 1. The number of pyridine rings is 1. The molecule has 4 aromatic rings. The number of ether oxygens (including phenoxy) is 1. The van der Waals surface area contributed by atoms with E-state index in [0.29, 0.717) is 5.69 Å². The molecule has 1 aliphatic rings. The van der Waals surface area contributed by atoms with Gasteiger partial charge in [0.1, 0.15) is 29.0 Å². The largest absolute Gasteiger partial charge is 0.497 e. The Balaban J connectivity index is 1.34. The van der Waals surface area contributed by atoms with Gasteiger partial charge in [-0.3, -0.25) is 9.59 Å². The van der Waals surface area contributed by atoms with Gasteiger partial charge in [-0.2, -0.15) is 0 Å². The van der Waals surface area contributed by atoms with E-state index in [4.69, 9.17) is 9.72 Å². The summed E-state index contributed by atoms with van der Waals surface area (Å²) in [4.78, 5) is 43.7. The number of aryl methyl sites for hydroxylation is 1. The monoisotopic (exact) mass is 542 g/mol. The standard InChI is InChI=1S/C31H34N4O5/c1-5-21-15-20-16-23(40-4)12-13-24(20)30(32-21)33-22-10-8-19(9-11-22)14-25(31(38)39)34-26-27(29(37)28(26)36)35-17(2)6-7-18(35)3/h8-13,15-18,25,34H,5-7,14H2,1-4H3,(H,32,33)(H,38,39)/t17?,18?,25-/m0/s1. The van der Waals surface area contributed by atoms with Crippen molar-refractivity contribution in [2.45, 2.75) is 64.6 Å². The Morgan fingerprint density at radius 3 is 2.40 bits per heavy atom. The van der Waals surface area contributed by atoms with Crippen LogP contribution in [0.25, 0.3) is 10.8 Å². The van der Waals surface area contributed by atoms with Crippen LogP contribution in [-0.2, 0) is 17.6 Å². The van der Waals surface area contributed by atoms with Crippen molar-refractivity contribution >= 4 is 39.6 Å². The number of hydrogen-bond acceptors (Lipinski definition) is 8. The number of nitrogens with one attached hydrogen (secondary N) is 2. The number of fused-ring (bicyclic) bond motifs is 1. The predicted molar refractivity (Wildman–Crippen MR) is 158 cm³/mol. The Hall–Kier alpha value is -4.40. The van der Waals surface area contributed by atoms with Crippen molar-refractivity contribution in [1.29, 1.82) is 0 Å². The zero-order chi connectivity index (χ0) is 28.6. The first kappa shape index (κ1) is 27.2. The van der Waals surface area contributed by atoms with Crippen molar-refractivity contribution < 1.29 is 14.6 Å². The van der Waals surface area contributed by atoms with Crippen LogP contribution in [0.2, 0.25) is 0 Å². The summed E-state index contributed by atoms with van der Waals surface area (Å²) in [5.41, 5.74) is 1.77. The second kappa shape index (κ2) is 11.0. The molecule has 0 bridgehead atoms. The minimum absolute atomic E-state index is 0.113. The maximum atomic E-state index is 12.4. The third-order valence-electron chi connectivity index (χ3n) is 7.82. The van der Waals surface area contributed by atoms with Crippen LogP contribution < -0.4 is 31.1 Å². The molecule has 3 aromatic carbocycles. The van der Waals surface area contributed by atoms with E-state index in [1.165, 1.54) is 0 Å². The number of carboxylic acid groups (broad SMARTS) is 1. The molecule has 40 heavy (non-hydrogen) atoms. The van der Waals surface area contributed by atoms with Gasteiger partial charge in [-0.05, 0) is 80.5 Å². The summed E-state index contributed by atoms with van der Waals surface area (Å²) in [6.07, 6.45) is 2.77. The van der Waals surface area contributed by atoms with E-state index >= 15 is 0 Å². The fourth-order valence-corrected chi connectivity index (χ4v) is 5.56. The molecular formula is C31H34N4O5. The van der Waals surface area contributed by atoms with Crippen LogP contribution in [0.3, 0.4) is 0 Å². The molecule has 3 atom stereocenters. The van der Waals surface area contributed by atoms with E-state index in [-0.39, 0.29) is 24.2 Å².